The summed E-state index contributed by atoms with van der Waals surface area (Å²) >= 11 is 0. The van der Waals surface area contributed by atoms with Crippen LogP contribution in [0.15, 0.2) is 37.1 Å². The molecule has 23 heavy (non-hydrogen) atoms. The van der Waals surface area contributed by atoms with Crippen LogP contribution in [-0.2, 0) is 0 Å². The highest BCUT2D eigenvalue weighted by Gasteiger charge is 2.20. The molecule has 1 saturated heterocycles. The van der Waals surface area contributed by atoms with Gasteiger partial charge in [0.25, 0.3) is 5.91 Å². The molecule has 1 aliphatic rings. The van der Waals surface area contributed by atoms with Gasteiger partial charge in [0.1, 0.15) is 12.1 Å². The monoisotopic (exact) mass is 313 g/mol. The number of carbonyl (C=O) groups excluding carboxylic acids is 1. The van der Waals surface area contributed by atoms with Crippen LogP contribution in [0, 0.1) is 0 Å². The Kier molecular flexibility index (Phi) is 5.02. The zero-order valence-electron chi connectivity index (χ0n) is 13.5. The van der Waals surface area contributed by atoms with Crippen molar-refractivity contribution in [2.24, 2.45) is 0 Å². The fourth-order valence-electron chi connectivity index (χ4n) is 2.95. The van der Waals surface area contributed by atoms with Crippen LogP contribution in [0.3, 0.4) is 0 Å². The first-order valence-electron chi connectivity index (χ1n) is 8.24. The SMILES string of the molecule is CCCN1CCC(NC(=O)c2ccc(-n3ccnc3)nc2)CC1. The summed E-state index contributed by atoms with van der Waals surface area (Å²) in [6.07, 6.45) is 10.1. The number of imidazole rings is 1. The Morgan fingerprint density at radius 2 is 2.17 bits per heavy atom. The normalized spacial score (nSPS) is 16.4. The number of likely N-dealkylation sites (tertiary alicyclic amines) is 1. The smallest absolute Gasteiger partial charge is 0.253 e. The molecule has 0 spiro atoms. The van der Waals surface area contributed by atoms with Gasteiger partial charge in [-0.3, -0.25) is 9.36 Å². The van der Waals surface area contributed by atoms with E-state index in [1.54, 1.807) is 18.7 Å². The molecule has 0 aliphatic carbocycles. The molecule has 3 heterocycles. The lowest BCUT2D eigenvalue weighted by molar-refractivity contribution is 0.0911. The first-order chi connectivity index (χ1) is 11.3. The predicted octanol–water partition coefficient (Wildman–Crippen LogP) is 1.87. The van der Waals surface area contributed by atoms with Crippen molar-refractivity contribution >= 4 is 5.91 Å². The zero-order chi connectivity index (χ0) is 16.1. The molecule has 0 aromatic carbocycles. The molecule has 6 nitrogen and oxygen atoms in total. The molecule has 2 aromatic heterocycles. The van der Waals surface area contributed by atoms with E-state index in [2.05, 4.69) is 27.1 Å². The molecular formula is C17H23N5O. The van der Waals surface area contributed by atoms with Gasteiger partial charge in [0.15, 0.2) is 0 Å². The van der Waals surface area contributed by atoms with Crippen molar-refractivity contribution in [2.75, 3.05) is 19.6 Å². The molecule has 122 valence electrons. The van der Waals surface area contributed by atoms with E-state index in [0.29, 0.717) is 5.56 Å². The molecule has 3 rings (SSSR count). The predicted molar refractivity (Wildman–Crippen MR) is 88.6 cm³/mol. The second-order valence-electron chi connectivity index (χ2n) is 5.96. The summed E-state index contributed by atoms with van der Waals surface area (Å²) in [5.41, 5.74) is 0.602. The highest BCUT2D eigenvalue weighted by Crippen LogP contribution is 2.12. The summed E-state index contributed by atoms with van der Waals surface area (Å²) in [7, 11) is 0. The van der Waals surface area contributed by atoms with Crippen LogP contribution in [0.2, 0.25) is 0 Å². The Morgan fingerprint density at radius 3 is 2.78 bits per heavy atom. The van der Waals surface area contributed by atoms with E-state index < -0.39 is 0 Å². The Balaban J connectivity index is 1.54. The van der Waals surface area contributed by atoms with Gasteiger partial charge in [-0.05, 0) is 37.9 Å². The summed E-state index contributed by atoms with van der Waals surface area (Å²) in [4.78, 5) is 23.1. The maximum Gasteiger partial charge on any atom is 0.253 e. The van der Waals surface area contributed by atoms with Crippen molar-refractivity contribution in [3.8, 4) is 5.82 Å². The van der Waals surface area contributed by atoms with Gasteiger partial charge in [0.2, 0.25) is 0 Å². The average molecular weight is 313 g/mol. The molecule has 1 aliphatic heterocycles. The standard InChI is InChI=1S/C17H23N5O/c1-2-8-21-9-5-15(6-10-21)20-17(23)14-3-4-16(19-12-14)22-11-7-18-13-22/h3-4,7,11-13,15H,2,5-6,8-10H2,1H3,(H,20,23). The van der Waals surface area contributed by atoms with Gasteiger partial charge in [-0.1, -0.05) is 6.92 Å². The van der Waals surface area contributed by atoms with E-state index in [0.717, 1.165) is 38.3 Å². The number of hydrogen-bond donors (Lipinski definition) is 1. The van der Waals surface area contributed by atoms with Gasteiger partial charge in [0.05, 0.1) is 5.56 Å². The molecule has 1 amide bonds. The zero-order valence-corrected chi connectivity index (χ0v) is 13.5. The molecular weight excluding hydrogens is 290 g/mol. The Hall–Kier alpha value is -2.21. The number of nitrogens with zero attached hydrogens (tertiary/aromatic N) is 4. The maximum atomic E-state index is 12.3. The number of rotatable bonds is 5. The number of carbonyl (C=O) groups is 1. The summed E-state index contributed by atoms with van der Waals surface area (Å²) in [6.45, 7) is 5.49. The van der Waals surface area contributed by atoms with Crippen molar-refractivity contribution in [1.29, 1.82) is 0 Å². The van der Waals surface area contributed by atoms with Crippen LogP contribution in [0.25, 0.3) is 5.82 Å². The highest BCUT2D eigenvalue weighted by molar-refractivity contribution is 5.94. The maximum absolute atomic E-state index is 12.3. The van der Waals surface area contributed by atoms with Crippen molar-refractivity contribution in [3.63, 3.8) is 0 Å². The van der Waals surface area contributed by atoms with Crippen LogP contribution >= 0.6 is 0 Å². The van der Waals surface area contributed by atoms with Gasteiger partial charge in [-0.15, -0.1) is 0 Å². The molecule has 1 fully saturated rings. The minimum absolute atomic E-state index is 0.0383. The Labute approximate surface area is 136 Å². The van der Waals surface area contributed by atoms with Crippen molar-refractivity contribution in [1.82, 2.24) is 24.8 Å². The molecule has 0 radical (unpaired) electrons. The van der Waals surface area contributed by atoms with Crippen molar-refractivity contribution in [3.05, 3.63) is 42.6 Å². The third-order valence-electron chi connectivity index (χ3n) is 4.24. The van der Waals surface area contributed by atoms with Crippen molar-refractivity contribution in [2.45, 2.75) is 32.2 Å². The van der Waals surface area contributed by atoms with Gasteiger partial charge < -0.3 is 10.2 Å². The van der Waals surface area contributed by atoms with Crippen LogP contribution in [-0.4, -0.2) is 51.0 Å². The van der Waals surface area contributed by atoms with E-state index in [4.69, 9.17) is 0 Å². The minimum Gasteiger partial charge on any atom is -0.349 e. The average Bonchev–Trinajstić information content (AvgIpc) is 3.11. The number of amides is 1. The van der Waals surface area contributed by atoms with Gasteiger partial charge in [0, 0.05) is 37.7 Å². The summed E-state index contributed by atoms with van der Waals surface area (Å²) in [5, 5.41) is 3.13. The molecule has 0 unspecified atom stereocenters. The van der Waals surface area contributed by atoms with Crippen LogP contribution in [0.1, 0.15) is 36.5 Å². The lowest BCUT2D eigenvalue weighted by atomic mass is 10.0. The van der Waals surface area contributed by atoms with Crippen LogP contribution in [0.4, 0.5) is 0 Å². The third kappa shape index (κ3) is 3.96. The summed E-state index contributed by atoms with van der Waals surface area (Å²) in [5.74, 6) is 0.718. The van der Waals surface area contributed by atoms with E-state index in [-0.39, 0.29) is 11.9 Å². The molecule has 2 aromatic rings. The van der Waals surface area contributed by atoms with Crippen LogP contribution < -0.4 is 5.32 Å². The minimum atomic E-state index is -0.0383. The lowest BCUT2D eigenvalue weighted by Crippen LogP contribution is -2.44. The topological polar surface area (TPSA) is 63.1 Å². The molecule has 6 heteroatoms. The van der Waals surface area contributed by atoms with Gasteiger partial charge in [-0.2, -0.15) is 0 Å². The van der Waals surface area contributed by atoms with E-state index in [9.17, 15) is 4.79 Å². The third-order valence-corrected chi connectivity index (χ3v) is 4.24. The second-order valence-corrected chi connectivity index (χ2v) is 5.96. The number of hydrogen-bond acceptors (Lipinski definition) is 4. The number of nitrogens with one attached hydrogen (secondary N) is 1. The molecule has 1 N–H and O–H groups in total. The van der Waals surface area contributed by atoms with Gasteiger partial charge in [-0.25, -0.2) is 9.97 Å². The Morgan fingerprint density at radius 1 is 1.35 bits per heavy atom. The summed E-state index contributed by atoms with van der Waals surface area (Å²) in [6, 6.07) is 3.91. The lowest BCUT2D eigenvalue weighted by Gasteiger charge is -2.32. The van der Waals surface area contributed by atoms with Crippen molar-refractivity contribution < 1.29 is 4.79 Å². The quantitative estimate of drug-likeness (QED) is 0.915. The van der Waals surface area contributed by atoms with E-state index in [1.807, 2.05) is 22.9 Å². The molecule has 0 saturated carbocycles. The summed E-state index contributed by atoms with van der Waals surface area (Å²) < 4.78 is 1.81. The number of aromatic nitrogens is 3. The number of pyridine rings is 1. The molecule has 0 bridgehead atoms. The second kappa shape index (κ2) is 7.37. The molecule has 0 atom stereocenters. The van der Waals surface area contributed by atoms with Crippen LogP contribution in [0.5, 0.6) is 0 Å². The van der Waals surface area contributed by atoms with Gasteiger partial charge >= 0.3 is 0 Å². The number of piperidine rings is 1. The van der Waals surface area contributed by atoms with E-state index in [1.165, 1.54) is 6.42 Å². The Bertz CT molecular complexity index is 615. The first kappa shape index (κ1) is 15.7. The fourth-order valence-corrected chi connectivity index (χ4v) is 2.95. The highest BCUT2D eigenvalue weighted by atomic mass is 16.1. The fraction of sp³-hybridized carbons (Fsp3) is 0.471. The largest absolute Gasteiger partial charge is 0.349 e. The first-order valence-corrected chi connectivity index (χ1v) is 8.24. The van der Waals surface area contributed by atoms with E-state index >= 15 is 0 Å².